The molecule has 152 valence electrons. The monoisotopic (exact) mass is 392 g/mol. The highest BCUT2D eigenvalue weighted by Gasteiger charge is 2.25. The molecule has 2 aromatic carbocycles. The highest BCUT2D eigenvalue weighted by molar-refractivity contribution is 5.88. The standard InChI is InChI=1S/C24H28N2O3/c1-16-14-22(29-2)20(19-11-12-25-23(16)19)15-26-13-5-3-4-6-21(26)17-7-9-18(10-8-17)24(27)28/h7-12,14,21,25H,3-6,13,15H2,1-2H3,(H,27,28). The summed E-state index contributed by atoms with van der Waals surface area (Å²) in [6.45, 7) is 3.93. The number of likely N-dealkylation sites (tertiary alicyclic amines) is 1. The normalized spacial score (nSPS) is 17.9. The zero-order valence-corrected chi connectivity index (χ0v) is 17.1. The Morgan fingerprint density at radius 3 is 2.72 bits per heavy atom. The van der Waals surface area contributed by atoms with Gasteiger partial charge in [-0.2, -0.15) is 0 Å². The first-order valence-electron chi connectivity index (χ1n) is 10.3. The summed E-state index contributed by atoms with van der Waals surface area (Å²) in [6, 6.07) is 11.9. The Labute approximate surface area is 171 Å². The highest BCUT2D eigenvalue weighted by Crippen LogP contribution is 2.36. The van der Waals surface area contributed by atoms with E-state index in [9.17, 15) is 9.90 Å². The second-order valence-electron chi connectivity index (χ2n) is 7.90. The molecule has 0 bridgehead atoms. The Hall–Kier alpha value is -2.79. The predicted octanol–water partition coefficient (Wildman–Crippen LogP) is 5.30. The predicted molar refractivity (Wildman–Crippen MR) is 115 cm³/mol. The van der Waals surface area contributed by atoms with E-state index in [1.165, 1.54) is 41.3 Å². The number of aromatic amines is 1. The Bertz CT molecular complexity index is 1010. The maximum absolute atomic E-state index is 11.2. The molecule has 1 aromatic heterocycles. The van der Waals surface area contributed by atoms with E-state index in [1.807, 2.05) is 18.3 Å². The second-order valence-corrected chi connectivity index (χ2v) is 7.90. The topological polar surface area (TPSA) is 65.6 Å². The fourth-order valence-corrected chi connectivity index (χ4v) is 4.57. The van der Waals surface area contributed by atoms with Crippen LogP contribution < -0.4 is 4.74 Å². The number of aryl methyl sites for hydroxylation is 1. The van der Waals surface area contributed by atoms with Crippen molar-refractivity contribution in [3.63, 3.8) is 0 Å². The van der Waals surface area contributed by atoms with Crippen molar-refractivity contribution >= 4 is 16.9 Å². The van der Waals surface area contributed by atoms with Crippen LogP contribution in [-0.4, -0.2) is 34.6 Å². The molecule has 5 heteroatoms. The first-order chi connectivity index (χ1) is 14.1. The van der Waals surface area contributed by atoms with Crippen LogP contribution in [0.4, 0.5) is 0 Å². The van der Waals surface area contributed by atoms with Gasteiger partial charge < -0.3 is 14.8 Å². The Morgan fingerprint density at radius 2 is 2.00 bits per heavy atom. The van der Waals surface area contributed by atoms with Crippen LogP contribution in [0.5, 0.6) is 5.75 Å². The van der Waals surface area contributed by atoms with Gasteiger partial charge in [0.1, 0.15) is 5.75 Å². The average Bonchev–Trinajstić information content (AvgIpc) is 3.11. The number of aromatic carboxylic acids is 1. The molecule has 0 amide bonds. The van der Waals surface area contributed by atoms with Gasteiger partial charge in [-0.1, -0.05) is 25.0 Å². The number of fused-ring (bicyclic) bond motifs is 1. The van der Waals surface area contributed by atoms with Gasteiger partial charge in [0.2, 0.25) is 0 Å². The van der Waals surface area contributed by atoms with E-state index < -0.39 is 5.97 Å². The van der Waals surface area contributed by atoms with Gasteiger partial charge in [0.05, 0.1) is 12.7 Å². The number of H-pyrrole nitrogens is 1. The maximum atomic E-state index is 11.2. The number of nitrogens with one attached hydrogen (secondary N) is 1. The van der Waals surface area contributed by atoms with Gasteiger partial charge in [0.15, 0.2) is 0 Å². The van der Waals surface area contributed by atoms with Crippen LogP contribution in [0.15, 0.2) is 42.6 Å². The minimum atomic E-state index is -0.881. The molecule has 1 atom stereocenters. The number of carboxylic acid groups (broad SMARTS) is 1. The number of hydrogen-bond acceptors (Lipinski definition) is 3. The number of nitrogens with zero attached hydrogens (tertiary/aromatic N) is 1. The largest absolute Gasteiger partial charge is 0.496 e. The SMILES string of the molecule is COc1cc(C)c2[nH]ccc2c1CN1CCCCCC1c1ccc(C(=O)O)cc1. The summed E-state index contributed by atoms with van der Waals surface area (Å²) < 4.78 is 5.75. The molecule has 1 aliphatic rings. The number of ether oxygens (including phenoxy) is 1. The summed E-state index contributed by atoms with van der Waals surface area (Å²) in [4.78, 5) is 17.1. The molecule has 2 heterocycles. The van der Waals surface area contributed by atoms with Crippen molar-refractivity contribution in [3.8, 4) is 5.75 Å². The number of carbonyl (C=O) groups is 1. The van der Waals surface area contributed by atoms with Crippen LogP contribution in [0, 0.1) is 6.92 Å². The van der Waals surface area contributed by atoms with E-state index in [2.05, 4.69) is 28.9 Å². The van der Waals surface area contributed by atoms with Gasteiger partial charge >= 0.3 is 5.97 Å². The third kappa shape index (κ3) is 3.87. The van der Waals surface area contributed by atoms with Crippen molar-refractivity contribution < 1.29 is 14.6 Å². The van der Waals surface area contributed by atoms with Crippen molar-refractivity contribution in [1.82, 2.24) is 9.88 Å². The van der Waals surface area contributed by atoms with Gasteiger partial charge in [-0.25, -0.2) is 4.79 Å². The Morgan fingerprint density at radius 1 is 1.21 bits per heavy atom. The zero-order valence-electron chi connectivity index (χ0n) is 17.1. The van der Waals surface area contributed by atoms with Crippen LogP contribution in [0.3, 0.4) is 0 Å². The van der Waals surface area contributed by atoms with Gasteiger partial charge in [-0.15, -0.1) is 0 Å². The number of carboxylic acids is 1. The van der Waals surface area contributed by atoms with Gasteiger partial charge in [0, 0.05) is 35.2 Å². The highest BCUT2D eigenvalue weighted by atomic mass is 16.5. The summed E-state index contributed by atoms with van der Waals surface area (Å²) in [5.74, 6) is 0.0485. The van der Waals surface area contributed by atoms with Gasteiger partial charge in [-0.3, -0.25) is 4.90 Å². The van der Waals surface area contributed by atoms with Crippen molar-refractivity contribution in [1.29, 1.82) is 0 Å². The number of aromatic nitrogens is 1. The lowest BCUT2D eigenvalue weighted by molar-refractivity contribution is 0.0697. The van der Waals surface area contributed by atoms with Crippen LogP contribution in [0.25, 0.3) is 10.9 Å². The lowest BCUT2D eigenvalue weighted by atomic mass is 9.98. The average molecular weight is 392 g/mol. The molecule has 1 saturated heterocycles. The number of rotatable bonds is 5. The zero-order chi connectivity index (χ0) is 20.4. The number of hydrogen-bond donors (Lipinski definition) is 2. The van der Waals surface area contributed by atoms with Crippen molar-refractivity contribution in [3.05, 3.63) is 64.8 Å². The maximum Gasteiger partial charge on any atom is 0.335 e. The van der Waals surface area contributed by atoms with Gasteiger partial charge in [-0.05, 0) is 61.7 Å². The summed E-state index contributed by atoms with van der Waals surface area (Å²) in [7, 11) is 1.74. The lowest BCUT2D eigenvalue weighted by Crippen LogP contribution is -2.28. The molecule has 4 rings (SSSR count). The summed E-state index contributed by atoms with van der Waals surface area (Å²) >= 11 is 0. The third-order valence-electron chi connectivity index (χ3n) is 6.10. The Balaban J connectivity index is 1.70. The number of methoxy groups -OCH3 is 1. The first-order valence-corrected chi connectivity index (χ1v) is 10.3. The van der Waals surface area contributed by atoms with E-state index >= 15 is 0 Å². The van der Waals surface area contributed by atoms with E-state index in [-0.39, 0.29) is 6.04 Å². The smallest absolute Gasteiger partial charge is 0.335 e. The van der Waals surface area contributed by atoms with Crippen LogP contribution in [-0.2, 0) is 6.54 Å². The lowest BCUT2D eigenvalue weighted by Gasteiger charge is -2.31. The third-order valence-corrected chi connectivity index (χ3v) is 6.10. The molecule has 5 nitrogen and oxygen atoms in total. The van der Waals surface area contributed by atoms with Crippen LogP contribution >= 0.6 is 0 Å². The van der Waals surface area contributed by atoms with Gasteiger partial charge in [0.25, 0.3) is 0 Å². The molecule has 29 heavy (non-hydrogen) atoms. The number of benzene rings is 2. The summed E-state index contributed by atoms with van der Waals surface area (Å²) in [6.07, 6.45) is 6.66. The van der Waals surface area contributed by atoms with E-state index in [1.54, 1.807) is 19.2 Å². The quantitative estimate of drug-likeness (QED) is 0.618. The van der Waals surface area contributed by atoms with Crippen molar-refractivity contribution in [2.75, 3.05) is 13.7 Å². The van der Waals surface area contributed by atoms with E-state index in [0.29, 0.717) is 5.56 Å². The van der Waals surface area contributed by atoms with Crippen LogP contribution in [0.2, 0.25) is 0 Å². The second kappa shape index (κ2) is 8.29. The molecule has 0 saturated carbocycles. The molecular formula is C24H28N2O3. The molecule has 1 fully saturated rings. The minimum Gasteiger partial charge on any atom is -0.496 e. The van der Waals surface area contributed by atoms with E-state index in [4.69, 9.17) is 4.74 Å². The van der Waals surface area contributed by atoms with Crippen molar-refractivity contribution in [2.24, 2.45) is 0 Å². The molecule has 2 N–H and O–H groups in total. The molecule has 1 aliphatic heterocycles. The summed E-state index contributed by atoms with van der Waals surface area (Å²) in [5, 5.41) is 10.4. The molecule has 1 unspecified atom stereocenters. The first kappa shape index (κ1) is 19.5. The van der Waals surface area contributed by atoms with E-state index in [0.717, 1.165) is 30.8 Å². The fourth-order valence-electron chi connectivity index (χ4n) is 4.57. The molecule has 0 aliphatic carbocycles. The minimum absolute atomic E-state index is 0.278. The summed E-state index contributed by atoms with van der Waals surface area (Å²) in [5.41, 5.74) is 5.08. The molecule has 0 radical (unpaired) electrons. The fraction of sp³-hybridized carbons (Fsp3) is 0.375. The van der Waals surface area contributed by atoms with Crippen molar-refractivity contribution in [2.45, 2.75) is 45.2 Å². The molecular weight excluding hydrogens is 364 g/mol. The molecule has 0 spiro atoms. The Kier molecular flexibility index (Phi) is 5.58. The van der Waals surface area contributed by atoms with Crippen LogP contribution in [0.1, 0.15) is 58.8 Å². The molecule has 3 aromatic rings.